The van der Waals surface area contributed by atoms with Gasteiger partial charge in [0.15, 0.2) is 0 Å². The van der Waals surface area contributed by atoms with Crippen molar-refractivity contribution < 1.29 is 0 Å². The Labute approximate surface area is 148 Å². The largest absolute Gasteiger partial charge is 0.0767 e. The van der Waals surface area contributed by atoms with Crippen LogP contribution in [0.15, 0.2) is 54.6 Å². The summed E-state index contributed by atoms with van der Waals surface area (Å²) in [6, 6.07) is 18.2. The van der Waals surface area contributed by atoms with E-state index in [0.29, 0.717) is 5.92 Å². The maximum absolute atomic E-state index is 2.31. The van der Waals surface area contributed by atoms with Gasteiger partial charge in [0.2, 0.25) is 0 Å². The van der Waals surface area contributed by atoms with E-state index >= 15 is 0 Å². The molecule has 0 nitrogen and oxygen atoms in total. The molecule has 24 heavy (non-hydrogen) atoms. The van der Waals surface area contributed by atoms with Gasteiger partial charge in [0, 0.05) is 0 Å². The van der Waals surface area contributed by atoms with Crippen LogP contribution in [0, 0.1) is 0 Å². The second-order valence-electron chi connectivity index (χ2n) is 6.84. The first-order valence-corrected chi connectivity index (χ1v) is 9.59. The lowest BCUT2D eigenvalue weighted by molar-refractivity contribution is 0.794. The minimum Gasteiger partial charge on any atom is -0.0767 e. The SMILES string of the molecule is CCCCc1ccc(C=CC(C)c2ccc(CCCC)cc2)cc1. The van der Waals surface area contributed by atoms with Gasteiger partial charge in [-0.05, 0) is 53.9 Å². The number of unbranched alkanes of at least 4 members (excludes halogenated alkanes) is 2. The number of hydrogen-bond donors (Lipinski definition) is 0. The van der Waals surface area contributed by atoms with Crippen LogP contribution in [0.5, 0.6) is 0 Å². The predicted octanol–water partition coefficient (Wildman–Crippen LogP) is 7.19. The zero-order valence-electron chi connectivity index (χ0n) is 15.6. The third-order valence-electron chi connectivity index (χ3n) is 4.70. The van der Waals surface area contributed by atoms with Gasteiger partial charge >= 0.3 is 0 Å². The Morgan fingerprint density at radius 1 is 0.750 bits per heavy atom. The third-order valence-corrected chi connectivity index (χ3v) is 4.70. The number of allylic oxidation sites excluding steroid dienone is 1. The molecule has 0 saturated heterocycles. The van der Waals surface area contributed by atoms with Gasteiger partial charge in [0.25, 0.3) is 0 Å². The molecular formula is C24H32. The van der Waals surface area contributed by atoms with Gasteiger partial charge in [-0.15, -0.1) is 0 Å². The first-order valence-electron chi connectivity index (χ1n) is 9.59. The van der Waals surface area contributed by atoms with Gasteiger partial charge in [-0.2, -0.15) is 0 Å². The monoisotopic (exact) mass is 320 g/mol. The highest BCUT2D eigenvalue weighted by Crippen LogP contribution is 2.20. The molecular weight excluding hydrogens is 288 g/mol. The standard InChI is InChI=1S/C24H32/c1-4-6-8-21-12-14-23(15-13-21)11-10-20(3)24-18-16-22(17-19-24)9-7-5-2/h10-20H,4-9H2,1-3H3. The van der Waals surface area contributed by atoms with Gasteiger partial charge in [-0.1, -0.05) is 94.3 Å². The third kappa shape index (κ3) is 6.00. The molecule has 0 aromatic heterocycles. The van der Waals surface area contributed by atoms with Gasteiger partial charge in [0.1, 0.15) is 0 Å². The van der Waals surface area contributed by atoms with Crippen molar-refractivity contribution in [2.75, 3.05) is 0 Å². The molecule has 1 unspecified atom stereocenters. The average molecular weight is 321 g/mol. The van der Waals surface area contributed by atoms with E-state index in [1.807, 2.05) is 0 Å². The average Bonchev–Trinajstić information content (AvgIpc) is 2.64. The van der Waals surface area contributed by atoms with Crippen molar-refractivity contribution in [1.82, 2.24) is 0 Å². The second kappa shape index (κ2) is 10.1. The predicted molar refractivity (Wildman–Crippen MR) is 108 cm³/mol. The van der Waals surface area contributed by atoms with Crippen LogP contribution in [0.3, 0.4) is 0 Å². The van der Waals surface area contributed by atoms with Crippen molar-refractivity contribution in [2.24, 2.45) is 0 Å². The molecule has 128 valence electrons. The number of benzene rings is 2. The van der Waals surface area contributed by atoms with Crippen LogP contribution < -0.4 is 0 Å². The molecule has 0 aliphatic rings. The summed E-state index contributed by atoms with van der Waals surface area (Å²) < 4.78 is 0. The first-order chi connectivity index (χ1) is 11.7. The van der Waals surface area contributed by atoms with Crippen molar-refractivity contribution in [3.05, 3.63) is 76.9 Å². The van der Waals surface area contributed by atoms with Crippen LogP contribution >= 0.6 is 0 Å². The van der Waals surface area contributed by atoms with E-state index in [1.54, 1.807) is 0 Å². The summed E-state index contributed by atoms with van der Waals surface area (Å²) in [6.07, 6.45) is 12.0. The lowest BCUT2D eigenvalue weighted by Crippen LogP contribution is -1.91. The first kappa shape index (κ1) is 18.5. The molecule has 2 aromatic rings. The Hall–Kier alpha value is -1.82. The summed E-state index contributed by atoms with van der Waals surface area (Å²) in [5.74, 6) is 0.449. The van der Waals surface area contributed by atoms with E-state index in [4.69, 9.17) is 0 Å². The van der Waals surface area contributed by atoms with Gasteiger partial charge in [-0.25, -0.2) is 0 Å². The lowest BCUT2D eigenvalue weighted by atomic mass is 9.97. The number of aryl methyl sites for hydroxylation is 2. The molecule has 0 N–H and O–H groups in total. The number of rotatable bonds is 9. The zero-order valence-corrected chi connectivity index (χ0v) is 15.6. The van der Waals surface area contributed by atoms with E-state index in [1.165, 1.54) is 60.8 Å². The Morgan fingerprint density at radius 2 is 1.25 bits per heavy atom. The minimum atomic E-state index is 0.449. The molecule has 0 heteroatoms. The summed E-state index contributed by atoms with van der Waals surface area (Å²) in [6.45, 7) is 6.76. The summed E-state index contributed by atoms with van der Waals surface area (Å²) in [4.78, 5) is 0. The van der Waals surface area contributed by atoms with Crippen molar-refractivity contribution >= 4 is 6.08 Å². The quantitative estimate of drug-likeness (QED) is 0.458. The highest BCUT2D eigenvalue weighted by atomic mass is 14.1. The Balaban J connectivity index is 1.92. The molecule has 0 amide bonds. The van der Waals surface area contributed by atoms with Crippen LogP contribution in [0.25, 0.3) is 6.08 Å². The summed E-state index contributed by atoms with van der Waals surface area (Å²) in [7, 11) is 0. The molecule has 0 fully saturated rings. The van der Waals surface area contributed by atoms with E-state index in [2.05, 4.69) is 81.5 Å². The smallest absolute Gasteiger partial charge is 0.000710 e. The van der Waals surface area contributed by atoms with E-state index in [9.17, 15) is 0 Å². The topological polar surface area (TPSA) is 0 Å². The van der Waals surface area contributed by atoms with Crippen LogP contribution in [-0.4, -0.2) is 0 Å². The van der Waals surface area contributed by atoms with Gasteiger partial charge < -0.3 is 0 Å². The summed E-state index contributed by atoms with van der Waals surface area (Å²) >= 11 is 0. The maximum Gasteiger partial charge on any atom is -0.000710 e. The van der Waals surface area contributed by atoms with E-state index in [-0.39, 0.29) is 0 Å². The van der Waals surface area contributed by atoms with E-state index < -0.39 is 0 Å². The van der Waals surface area contributed by atoms with Crippen molar-refractivity contribution in [3.8, 4) is 0 Å². The summed E-state index contributed by atoms with van der Waals surface area (Å²) in [5.41, 5.74) is 5.59. The van der Waals surface area contributed by atoms with Crippen molar-refractivity contribution in [1.29, 1.82) is 0 Å². The van der Waals surface area contributed by atoms with Gasteiger partial charge in [-0.3, -0.25) is 0 Å². The normalized spacial score (nSPS) is 12.6. The molecule has 0 aliphatic heterocycles. The van der Waals surface area contributed by atoms with Crippen LogP contribution in [0.1, 0.15) is 74.6 Å². The molecule has 1 atom stereocenters. The Morgan fingerprint density at radius 3 is 1.75 bits per heavy atom. The second-order valence-corrected chi connectivity index (χ2v) is 6.84. The number of hydrogen-bond acceptors (Lipinski definition) is 0. The summed E-state index contributed by atoms with van der Waals surface area (Å²) in [5, 5.41) is 0. The fourth-order valence-electron chi connectivity index (χ4n) is 2.91. The highest BCUT2D eigenvalue weighted by Gasteiger charge is 2.02. The Kier molecular flexibility index (Phi) is 7.82. The van der Waals surface area contributed by atoms with Crippen LogP contribution in [0.4, 0.5) is 0 Å². The molecule has 0 bridgehead atoms. The highest BCUT2D eigenvalue weighted by molar-refractivity contribution is 5.51. The molecule has 0 spiro atoms. The molecule has 0 aliphatic carbocycles. The molecule has 2 rings (SSSR count). The van der Waals surface area contributed by atoms with Gasteiger partial charge in [0.05, 0.1) is 0 Å². The van der Waals surface area contributed by atoms with Crippen LogP contribution in [-0.2, 0) is 12.8 Å². The van der Waals surface area contributed by atoms with Crippen LogP contribution in [0.2, 0.25) is 0 Å². The van der Waals surface area contributed by atoms with Crippen molar-refractivity contribution in [3.63, 3.8) is 0 Å². The zero-order chi connectivity index (χ0) is 17.2. The fourth-order valence-corrected chi connectivity index (χ4v) is 2.91. The fraction of sp³-hybridized carbons (Fsp3) is 0.417. The molecule has 0 radical (unpaired) electrons. The Bertz CT molecular complexity index is 601. The maximum atomic E-state index is 2.31. The molecule has 0 saturated carbocycles. The molecule has 2 aromatic carbocycles. The van der Waals surface area contributed by atoms with Crippen molar-refractivity contribution in [2.45, 2.75) is 65.2 Å². The lowest BCUT2D eigenvalue weighted by Gasteiger charge is -2.08. The minimum absolute atomic E-state index is 0.449. The molecule has 0 heterocycles. The van der Waals surface area contributed by atoms with E-state index in [0.717, 1.165) is 0 Å².